The van der Waals surface area contributed by atoms with Crippen LogP contribution in [0, 0.1) is 17.8 Å². The van der Waals surface area contributed by atoms with Gasteiger partial charge in [-0.15, -0.1) is 6.58 Å². The maximum absolute atomic E-state index is 11.1. The SMILES string of the molecule is C=CC1CC(C=CCOC(=O)C(=C)C)CC1C. The van der Waals surface area contributed by atoms with Gasteiger partial charge in [0, 0.05) is 5.57 Å². The Morgan fingerprint density at radius 1 is 1.47 bits per heavy atom. The van der Waals surface area contributed by atoms with Crippen LogP contribution in [0.4, 0.5) is 0 Å². The van der Waals surface area contributed by atoms with Crippen LogP contribution in [0.2, 0.25) is 0 Å². The Bertz CT molecular complexity index is 328. The molecule has 3 atom stereocenters. The molecule has 0 spiro atoms. The molecule has 0 radical (unpaired) electrons. The molecule has 0 heterocycles. The van der Waals surface area contributed by atoms with E-state index in [4.69, 9.17) is 4.74 Å². The Kier molecular flexibility index (Phi) is 5.20. The molecule has 0 bridgehead atoms. The van der Waals surface area contributed by atoms with Crippen LogP contribution in [0.3, 0.4) is 0 Å². The van der Waals surface area contributed by atoms with E-state index in [1.807, 2.05) is 6.08 Å². The van der Waals surface area contributed by atoms with Gasteiger partial charge in [0.1, 0.15) is 6.61 Å². The van der Waals surface area contributed by atoms with Gasteiger partial charge in [-0.3, -0.25) is 0 Å². The van der Waals surface area contributed by atoms with E-state index >= 15 is 0 Å². The van der Waals surface area contributed by atoms with Crippen molar-refractivity contribution in [1.82, 2.24) is 0 Å². The first-order valence-corrected chi connectivity index (χ1v) is 6.16. The highest BCUT2D eigenvalue weighted by atomic mass is 16.5. The molecule has 1 rings (SSSR count). The van der Waals surface area contributed by atoms with E-state index in [0.717, 1.165) is 6.42 Å². The van der Waals surface area contributed by atoms with E-state index in [0.29, 0.717) is 29.9 Å². The smallest absolute Gasteiger partial charge is 0.333 e. The largest absolute Gasteiger partial charge is 0.458 e. The molecule has 0 amide bonds. The normalized spacial score (nSPS) is 28.2. The Balaban J connectivity index is 2.29. The fourth-order valence-electron chi connectivity index (χ4n) is 2.31. The minimum absolute atomic E-state index is 0.321. The van der Waals surface area contributed by atoms with Gasteiger partial charge in [0.25, 0.3) is 0 Å². The first kappa shape index (κ1) is 13.8. The molecule has 1 aliphatic carbocycles. The van der Waals surface area contributed by atoms with Crippen LogP contribution in [0.5, 0.6) is 0 Å². The summed E-state index contributed by atoms with van der Waals surface area (Å²) < 4.78 is 5.00. The second kappa shape index (κ2) is 6.43. The molecule has 0 saturated heterocycles. The highest BCUT2D eigenvalue weighted by Crippen LogP contribution is 2.37. The summed E-state index contributed by atoms with van der Waals surface area (Å²) in [5.41, 5.74) is 0.444. The molecule has 2 nitrogen and oxygen atoms in total. The zero-order chi connectivity index (χ0) is 12.8. The lowest BCUT2D eigenvalue weighted by molar-refractivity contribution is -0.137. The predicted octanol–water partition coefficient (Wildman–Crippen LogP) is 3.51. The van der Waals surface area contributed by atoms with E-state index < -0.39 is 0 Å². The van der Waals surface area contributed by atoms with E-state index in [-0.39, 0.29) is 5.97 Å². The molecule has 0 N–H and O–H groups in total. The summed E-state index contributed by atoms with van der Waals surface area (Å²) in [5.74, 6) is 1.61. The Morgan fingerprint density at radius 3 is 2.71 bits per heavy atom. The summed E-state index contributed by atoms with van der Waals surface area (Å²) in [4.78, 5) is 11.1. The topological polar surface area (TPSA) is 26.3 Å². The van der Waals surface area contributed by atoms with E-state index in [1.54, 1.807) is 6.92 Å². The lowest BCUT2D eigenvalue weighted by Gasteiger charge is -2.06. The average molecular weight is 234 g/mol. The lowest BCUT2D eigenvalue weighted by Crippen LogP contribution is -2.04. The Morgan fingerprint density at radius 2 is 2.18 bits per heavy atom. The number of esters is 1. The summed E-state index contributed by atoms with van der Waals surface area (Å²) in [6.07, 6.45) is 8.51. The fraction of sp³-hybridized carbons (Fsp3) is 0.533. The van der Waals surface area contributed by atoms with Crippen molar-refractivity contribution in [3.63, 3.8) is 0 Å². The molecule has 17 heavy (non-hydrogen) atoms. The number of carbonyl (C=O) groups is 1. The minimum atomic E-state index is -0.321. The van der Waals surface area contributed by atoms with E-state index in [1.165, 1.54) is 6.42 Å². The quantitative estimate of drug-likeness (QED) is 0.413. The van der Waals surface area contributed by atoms with E-state index in [9.17, 15) is 4.79 Å². The molecule has 94 valence electrons. The first-order chi connectivity index (χ1) is 8.04. The summed E-state index contributed by atoms with van der Waals surface area (Å²) in [5, 5.41) is 0. The molecule has 0 aromatic heterocycles. The first-order valence-electron chi connectivity index (χ1n) is 6.16. The average Bonchev–Trinajstić information content (AvgIpc) is 2.64. The van der Waals surface area contributed by atoms with Crippen molar-refractivity contribution in [3.8, 4) is 0 Å². The van der Waals surface area contributed by atoms with Gasteiger partial charge >= 0.3 is 5.97 Å². The van der Waals surface area contributed by atoms with Crippen molar-refractivity contribution in [3.05, 3.63) is 37.0 Å². The Labute approximate surface area is 104 Å². The summed E-state index contributed by atoms with van der Waals surface area (Å²) in [7, 11) is 0. The number of ether oxygens (including phenoxy) is 1. The van der Waals surface area contributed by atoms with Crippen LogP contribution >= 0.6 is 0 Å². The highest BCUT2D eigenvalue weighted by molar-refractivity contribution is 5.86. The third-order valence-electron chi connectivity index (χ3n) is 3.35. The van der Waals surface area contributed by atoms with Gasteiger partial charge in [0.05, 0.1) is 0 Å². The van der Waals surface area contributed by atoms with Crippen LogP contribution in [0.1, 0.15) is 26.7 Å². The van der Waals surface area contributed by atoms with Crippen molar-refractivity contribution in [2.24, 2.45) is 17.8 Å². The highest BCUT2D eigenvalue weighted by Gasteiger charge is 2.27. The molecule has 1 aliphatic rings. The molecule has 0 aromatic rings. The van der Waals surface area contributed by atoms with Gasteiger partial charge < -0.3 is 4.74 Å². The third-order valence-corrected chi connectivity index (χ3v) is 3.35. The van der Waals surface area contributed by atoms with Crippen LogP contribution in [-0.2, 0) is 9.53 Å². The molecule has 1 saturated carbocycles. The molecule has 0 aromatic carbocycles. The van der Waals surface area contributed by atoms with Gasteiger partial charge in [0.15, 0.2) is 0 Å². The van der Waals surface area contributed by atoms with Crippen LogP contribution in [-0.4, -0.2) is 12.6 Å². The monoisotopic (exact) mass is 234 g/mol. The standard InChI is InChI=1S/C15H22O2/c1-5-14-10-13(9-12(14)4)7-6-8-17-15(16)11(2)3/h5-7,12-14H,1-2,8-10H2,3-4H3. The summed E-state index contributed by atoms with van der Waals surface area (Å²) >= 11 is 0. The van der Waals surface area contributed by atoms with Crippen LogP contribution in [0.15, 0.2) is 37.0 Å². The van der Waals surface area contributed by atoms with Crippen molar-refractivity contribution >= 4 is 5.97 Å². The predicted molar refractivity (Wildman–Crippen MR) is 70.5 cm³/mol. The molecule has 0 aliphatic heterocycles. The molecule has 2 heteroatoms. The van der Waals surface area contributed by atoms with Gasteiger partial charge in [-0.25, -0.2) is 4.79 Å². The van der Waals surface area contributed by atoms with Crippen molar-refractivity contribution in [2.75, 3.05) is 6.61 Å². The van der Waals surface area contributed by atoms with Crippen molar-refractivity contribution in [1.29, 1.82) is 0 Å². The van der Waals surface area contributed by atoms with Crippen molar-refractivity contribution < 1.29 is 9.53 Å². The van der Waals surface area contributed by atoms with Gasteiger partial charge in [-0.2, -0.15) is 0 Å². The van der Waals surface area contributed by atoms with Crippen LogP contribution in [0.25, 0.3) is 0 Å². The Hall–Kier alpha value is -1.31. The van der Waals surface area contributed by atoms with E-state index in [2.05, 4.69) is 32.2 Å². The van der Waals surface area contributed by atoms with Crippen LogP contribution < -0.4 is 0 Å². The minimum Gasteiger partial charge on any atom is -0.458 e. The zero-order valence-electron chi connectivity index (χ0n) is 10.8. The second-order valence-electron chi connectivity index (χ2n) is 4.92. The van der Waals surface area contributed by atoms with Gasteiger partial charge in [-0.05, 0) is 37.5 Å². The third kappa shape index (κ3) is 4.22. The van der Waals surface area contributed by atoms with Gasteiger partial charge in [-0.1, -0.05) is 31.7 Å². The van der Waals surface area contributed by atoms with Crippen molar-refractivity contribution in [2.45, 2.75) is 26.7 Å². The number of hydrogen-bond donors (Lipinski definition) is 0. The fourth-order valence-corrected chi connectivity index (χ4v) is 2.31. The molecule has 1 fully saturated rings. The molecular weight excluding hydrogens is 212 g/mol. The zero-order valence-corrected chi connectivity index (χ0v) is 10.8. The number of hydrogen-bond acceptors (Lipinski definition) is 2. The maximum Gasteiger partial charge on any atom is 0.333 e. The molecule has 3 unspecified atom stereocenters. The number of allylic oxidation sites excluding steroid dienone is 2. The molecular formula is C15H22O2. The van der Waals surface area contributed by atoms with Gasteiger partial charge in [0.2, 0.25) is 0 Å². The summed E-state index contributed by atoms with van der Waals surface area (Å²) in [6.45, 7) is 11.7. The number of carbonyl (C=O) groups excluding carboxylic acids is 1. The number of rotatable bonds is 5. The lowest BCUT2D eigenvalue weighted by atomic mass is 9.99. The second-order valence-corrected chi connectivity index (χ2v) is 4.92. The summed E-state index contributed by atoms with van der Waals surface area (Å²) in [6, 6.07) is 0. The maximum atomic E-state index is 11.1.